The molecule has 3 heterocycles. The van der Waals surface area contributed by atoms with Gasteiger partial charge in [-0.15, -0.1) is 0 Å². The van der Waals surface area contributed by atoms with Crippen molar-refractivity contribution in [2.24, 2.45) is 7.05 Å². The summed E-state index contributed by atoms with van der Waals surface area (Å²) in [4.78, 5) is 19.9. The number of benzene rings is 2. The van der Waals surface area contributed by atoms with Crippen LogP contribution in [-0.2, 0) is 20.1 Å². The number of nitrogens with zero attached hydrogens (tertiary/aromatic N) is 4. The number of aliphatic hydroxyl groups is 1. The number of pyridine rings is 1. The molecule has 1 saturated heterocycles. The Morgan fingerprint density at radius 1 is 1.06 bits per heavy atom. The number of hydrogen-bond acceptors (Lipinski definition) is 6. The van der Waals surface area contributed by atoms with Crippen LogP contribution in [0.25, 0.3) is 21.9 Å². The van der Waals surface area contributed by atoms with E-state index in [1.54, 1.807) is 17.1 Å². The maximum atomic E-state index is 13.1. The number of hydrogen-bond donors (Lipinski definition) is 1. The second-order valence-electron chi connectivity index (χ2n) is 9.27. The molecule has 2 aromatic carbocycles. The summed E-state index contributed by atoms with van der Waals surface area (Å²) in [6.45, 7) is 1.97. The van der Waals surface area contributed by atoms with E-state index in [0.29, 0.717) is 5.56 Å². The summed E-state index contributed by atoms with van der Waals surface area (Å²) < 4.78 is 7.84. The second-order valence-corrected chi connectivity index (χ2v) is 9.27. The van der Waals surface area contributed by atoms with Gasteiger partial charge in [0.25, 0.3) is 0 Å². The topological polar surface area (TPSA) is 80.5 Å². The van der Waals surface area contributed by atoms with Crippen molar-refractivity contribution in [2.45, 2.75) is 32.0 Å². The van der Waals surface area contributed by atoms with Crippen molar-refractivity contribution in [3.8, 4) is 16.9 Å². The van der Waals surface area contributed by atoms with Crippen LogP contribution in [0.1, 0.15) is 34.6 Å². The Hall–Kier alpha value is -3.55. The number of carbonyl (C=O) groups is 1. The molecule has 2 aromatic heterocycles. The van der Waals surface area contributed by atoms with Crippen LogP contribution in [0.15, 0.2) is 60.9 Å². The minimum absolute atomic E-state index is 0.0108. The lowest BCUT2D eigenvalue weighted by molar-refractivity contribution is 0.0988. The summed E-state index contributed by atoms with van der Waals surface area (Å²) in [5.41, 5.74) is 3.98. The van der Waals surface area contributed by atoms with E-state index in [2.05, 4.69) is 28.1 Å². The van der Waals surface area contributed by atoms with E-state index < -0.39 is 0 Å². The molecule has 0 bridgehead atoms. The van der Waals surface area contributed by atoms with Crippen molar-refractivity contribution in [3.63, 3.8) is 0 Å². The molecule has 0 aliphatic carbocycles. The molecule has 0 atom stereocenters. The van der Waals surface area contributed by atoms with Gasteiger partial charge in [-0.05, 0) is 55.1 Å². The molecule has 35 heavy (non-hydrogen) atoms. The maximum absolute atomic E-state index is 13.1. The van der Waals surface area contributed by atoms with Gasteiger partial charge in [-0.2, -0.15) is 5.10 Å². The molecule has 0 spiro atoms. The van der Waals surface area contributed by atoms with Gasteiger partial charge in [0.05, 0.1) is 24.9 Å². The number of aliphatic hydroxyl groups excluding tert-OH is 1. The van der Waals surface area contributed by atoms with E-state index in [4.69, 9.17) is 4.74 Å². The quantitative estimate of drug-likeness (QED) is 0.411. The van der Waals surface area contributed by atoms with E-state index in [-0.39, 0.29) is 24.9 Å². The van der Waals surface area contributed by atoms with Crippen molar-refractivity contribution in [2.75, 3.05) is 20.1 Å². The first-order chi connectivity index (χ1) is 17.0. The lowest BCUT2D eigenvalue weighted by Crippen LogP contribution is -2.35. The molecule has 4 aromatic rings. The predicted octanol–water partition coefficient (Wildman–Crippen LogP) is 4.03. The molecule has 1 aliphatic rings. The Morgan fingerprint density at radius 3 is 2.69 bits per heavy atom. The summed E-state index contributed by atoms with van der Waals surface area (Å²) in [7, 11) is 3.94. The van der Waals surface area contributed by atoms with Gasteiger partial charge in [0, 0.05) is 48.5 Å². The molecule has 0 amide bonds. The number of carbonyl (C=O) groups excluding carboxylic acids is 1. The Bertz CT molecular complexity index is 1360. The molecular formula is C28H30N4O3. The number of rotatable bonds is 7. The average Bonchev–Trinajstić information content (AvgIpc) is 3.25. The molecule has 0 radical (unpaired) electrons. The molecule has 7 nitrogen and oxygen atoms in total. The summed E-state index contributed by atoms with van der Waals surface area (Å²) in [6, 6.07) is 15.5. The highest BCUT2D eigenvalue weighted by molar-refractivity contribution is 5.98. The molecule has 5 rings (SSSR count). The third-order valence-electron chi connectivity index (χ3n) is 6.77. The van der Waals surface area contributed by atoms with Crippen LogP contribution < -0.4 is 4.74 Å². The molecule has 1 aliphatic heterocycles. The zero-order chi connectivity index (χ0) is 24.4. The largest absolute Gasteiger partial charge is 0.490 e. The molecule has 0 unspecified atom stereocenters. The van der Waals surface area contributed by atoms with Crippen LogP contribution in [0.4, 0.5) is 0 Å². The maximum Gasteiger partial charge on any atom is 0.168 e. The number of ketones is 1. The van der Waals surface area contributed by atoms with Crippen LogP contribution in [0.5, 0.6) is 5.75 Å². The first-order valence-electron chi connectivity index (χ1n) is 12.0. The van der Waals surface area contributed by atoms with Crippen LogP contribution >= 0.6 is 0 Å². The number of Topliss-reactive ketones (excluding diaryl/α,β-unsaturated/α-hetero) is 1. The zero-order valence-electron chi connectivity index (χ0n) is 20.1. The molecule has 0 saturated carbocycles. The van der Waals surface area contributed by atoms with Crippen LogP contribution in [0.2, 0.25) is 0 Å². The molecule has 7 heteroatoms. The zero-order valence-corrected chi connectivity index (χ0v) is 20.1. The van der Waals surface area contributed by atoms with Gasteiger partial charge in [-0.25, -0.2) is 0 Å². The minimum atomic E-state index is -0.0828. The molecule has 1 N–H and O–H groups in total. The lowest BCUT2D eigenvalue weighted by atomic mass is 10.0. The number of piperidine rings is 1. The summed E-state index contributed by atoms with van der Waals surface area (Å²) >= 11 is 0. The monoisotopic (exact) mass is 470 g/mol. The standard InChI is InChI=1S/C28H30N4O3/c1-31-10-8-24(9-11-31)35-25-5-3-4-20(14-25)28(34)15-23-13-22-12-19(6-7-21(22)16-29-23)26-17-30-32(2)27(26)18-33/h3-7,12-14,16-17,24,33H,8-11,15,18H2,1-2H3. The van der Waals surface area contributed by atoms with Crippen molar-refractivity contribution < 1.29 is 14.6 Å². The van der Waals surface area contributed by atoms with Crippen molar-refractivity contribution in [3.05, 3.63) is 77.9 Å². The Kier molecular flexibility index (Phi) is 6.61. The predicted molar refractivity (Wildman–Crippen MR) is 135 cm³/mol. The van der Waals surface area contributed by atoms with Gasteiger partial charge in [0.15, 0.2) is 5.78 Å². The van der Waals surface area contributed by atoms with E-state index in [1.807, 2.05) is 49.5 Å². The van der Waals surface area contributed by atoms with E-state index >= 15 is 0 Å². The van der Waals surface area contributed by atoms with Gasteiger partial charge in [0.1, 0.15) is 11.9 Å². The van der Waals surface area contributed by atoms with Gasteiger partial charge >= 0.3 is 0 Å². The number of likely N-dealkylation sites (tertiary alicyclic amines) is 1. The SMILES string of the molecule is CN1CCC(Oc2cccc(C(=O)Cc3cc4cc(-c5cnn(C)c5CO)ccc4cn3)c2)CC1. The van der Waals surface area contributed by atoms with E-state index in [1.165, 1.54) is 0 Å². The third kappa shape index (κ3) is 5.11. The van der Waals surface area contributed by atoms with Gasteiger partial charge in [-0.3, -0.25) is 14.5 Å². The first-order valence-corrected chi connectivity index (χ1v) is 12.0. The third-order valence-corrected chi connectivity index (χ3v) is 6.77. The van der Waals surface area contributed by atoms with Gasteiger partial charge < -0.3 is 14.7 Å². The van der Waals surface area contributed by atoms with Crippen LogP contribution in [0, 0.1) is 0 Å². The summed E-state index contributed by atoms with van der Waals surface area (Å²) in [5, 5.41) is 16.0. The fourth-order valence-electron chi connectivity index (χ4n) is 4.65. The Balaban J connectivity index is 1.33. The molecular weight excluding hydrogens is 440 g/mol. The van der Waals surface area contributed by atoms with Gasteiger partial charge in [0.2, 0.25) is 0 Å². The Labute approximate surface area is 205 Å². The fraction of sp³-hybridized carbons (Fsp3) is 0.321. The normalized spacial score (nSPS) is 14.9. The number of ether oxygens (including phenoxy) is 1. The van der Waals surface area contributed by atoms with Crippen LogP contribution in [-0.4, -0.2) is 56.8 Å². The van der Waals surface area contributed by atoms with E-state index in [9.17, 15) is 9.90 Å². The highest BCUT2D eigenvalue weighted by atomic mass is 16.5. The lowest BCUT2D eigenvalue weighted by Gasteiger charge is -2.29. The number of aromatic nitrogens is 3. The first kappa shape index (κ1) is 23.2. The van der Waals surface area contributed by atoms with Crippen molar-refractivity contribution >= 4 is 16.6 Å². The Morgan fingerprint density at radius 2 is 1.89 bits per heavy atom. The van der Waals surface area contributed by atoms with Crippen LogP contribution in [0.3, 0.4) is 0 Å². The number of aryl methyl sites for hydroxylation is 1. The highest BCUT2D eigenvalue weighted by Crippen LogP contribution is 2.28. The van der Waals surface area contributed by atoms with E-state index in [0.717, 1.165) is 65.0 Å². The van der Waals surface area contributed by atoms with Gasteiger partial charge in [-0.1, -0.05) is 24.3 Å². The van der Waals surface area contributed by atoms with Crippen molar-refractivity contribution in [1.29, 1.82) is 0 Å². The molecule has 180 valence electrons. The fourth-order valence-corrected chi connectivity index (χ4v) is 4.65. The summed E-state index contributed by atoms with van der Waals surface area (Å²) in [5.74, 6) is 0.759. The summed E-state index contributed by atoms with van der Waals surface area (Å²) in [6.07, 6.45) is 5.97. The highest BCUT2D eigenvalue weighted by Gasteiger charge is 2.19. The van der Waals surface area contributed by atoms with Crippen molar-refractivity contribution in [1.82, 2.24) is 19.7 Å². The second kappa shape index (κ2) is 9.98. The average molecular weight is 471 g/mol. The minimum Gasteiger partial charge on any atom is -0.490 e. The molecule has 1 fully saturated rings. The number of fused-ring (bicyclic) bond motifs is 1. The smallest absolute Gasteiger partial charge is 0.168 e.